The summed E-state index contributed by atoms with van der Waals surface area (Å²) >= 11 is 0. The molecule has 0 amide bonds. The van der Waals surface area contributed by atoms with Crippen molar-refractivity contribution in [3.63, 3.8) is 0 Å². The van der Waals surface area contributed by atoms with Crippen LogP contribution in [0.3, 0.4) is 0 Å². The summed E-state index contributed by atoms with van der Waals surface area (Å²) in [4.78, 5) is 13.6. The summed E-state index contributed by atoms with van der Waals surface area (Å²) in [6.07, 6.45) is 4.19. The monoisotopic (exact) mass is 229 g/mol. The second-order valence-corrected chi connectivity index (χ2v) is 5.35. The van der Waals surface area contributed by atoms with Crippen LogP contribution in [-0.4, -0.2) is 36.6 Å². The van der Waals surface area contributed by atoms with Gasteiger partial charge in [0, 0.05) is 6.54 Å². The molecule has 0 saturated carbocycles. The number of nitrogens with zero attached hydrogens (tertiary/aromatic N) is 1. The van der Waals surface area contributed by atoms with E-state index in [2.05, 4.69) is 18.9 Å². The molecular weight excluding hydrogens is 202 g/mol. The van der Waals surface area contributed by atoms with Gasteiger partial charge >= 0.3 is 5.97 Å². The molecule has 3 heteroatoms. The van der Waals surface area contributed by atoms with E-state index < -0.39 is 0 Å². The SMILES string of the molecule is CCCCCN(C)CCC(=O)OC(C)(C)C. The lowest BCUT2D eigenvalue weighted by Gasteiger charge is -2.21. The second-order valence-electron chi connectivity index (χ2n) is 5.35. The molecule has 0 radical (unpaired) electrons. The average Bonchev–Trinajstić information content (AvgIpc) is 2.12. The number of carbonyl (C=O) groups is 1. The van der Waals surface area contributed by atoms with Crippen molar-refractivity contribution < 1.29 is 9.53 Å². The van der Waals surface area contributed by atoms with Crippen LogP contribution in [0.1, 0.15) is 53.4 Å². The van der Waals surface area contributed by atoms with E-state index in [1.54, 1.807) is 0 Å². The third-order valence-electron chi connectivity index (χ3n) is 2.26. The summed E-state index contributed by atoms with van der Waals surface area (Å²) < 4.78 is 5.25. The lowest BCUT2D eigenvalue weighted by Crippen LogP contribution is -2.28. The molecular formula is C13H27NO2. The molecule has 0 aliphatic carbocycles. The van der Waals surface area contributed by atoms with Crippen LogP contribution in [0.5, 0.6) is 0 Å². The van der Waals surface area contributed by atoms with Crippen LogP contribution in [0, 0.1) is 0 Å². The van der Waals surface area contributed by atoms with Crippen molar-refractivity contribution in [2.24, 2.45) is 0 Å². The van der Waals surface area contributed by atoms with Gasteiger partial charge in [-0.05, 0) is 40.8 Å². The molecule has 0 atom stereocenters. The molecule has 0 rings (SSSR count). The Morgan fingerprint density at radius 1 is 1.19 bits per heavy atom. The van der Waals surface area contributed by atoms with Crippen LogP contribution in [0.25, 0.3) is 0 Å². The topological polar surface area (TPSA) is 29.5 Å². The average molecular weight is 229 g/mol. The molecule has 0 aliphatic rings. The third kappa shape index (κ3) is 9.97. The third-order valence-corrected chi connectivity index (χ3v) is 2.26. The first kappa shape index (κ1) is 15.4. The zero-order valence-corrected chi connectivity index (χ0v) is 11.5. The number of hydrogen-bond donors (Lipinski definition) is 0. The Bertz CT molecular complexity index is 197. The van der Waals surface area contributed by atoms with Gasteiger partial charge in [0.25, 0.3) is 0 Å². The molecule has 0 fully saturated rings. The molecule has 16 heavy (non-hydrogen) atoms. The van der Waals surface area contributed by atoms with E-state index in [0.29, 0.717) is 6.42 Å². The molecule has 3 nitrogen and oxygen atoms in total. The van der Waals surface area contributed by atoms with Crippen molar-refractivity contribution in [3.8, 4) is 0 Å². The number of esters is 1. The standard InChI is InChI=1S/C13H27NO2/c1-6-7-8-10-14(5)11-9-12(15)16-13(2,3)4/h6-11H2,1-5H3. The smallest absolute Gasteiger partial charge is 0.307 e. The minimum Gasteiger partial charge on any atom is -0.460 e. The van der Waals surface area contributed by atoms with Gasteiger partial charge in [-0.2, -0.15) is 0 Å². The highest BCUT2D eigenvalue weighted by atomic mass is 16.6. The fraction of sp³-hybridized carbons (Fsp3) is 0.923. The highest BCUT2D eigenvalue weighted by Crippen LogP contribution is 2.08. The molecule has 0 aromatic rings. The molecule has 0 spiro atoms. The molecule has 0 bridgehead atoms. The van der Waals surface area contributed by atoms with Crippen LogP contribution in [0.4, 0.5) is 0 Å². The van der Waals surface area contributed by atoms with Crippen molar-refractivity contribution in [3.05, 3.63) is 0 Å². The molecule has 0 aromatic heterocycles. The van der Waals surface area contributed by atoms with Crippen LogP contribution in [0.15, 0.2) is 0 Å². The minimum atomic E-state index is -0.363. The number of unbranched alkanes of at least 4 members (excludes halogenated alkanes) is 2. The molecule has 96 valence electrons. The maximum atomic E-state index is 11.4. The Labute approximate surface area is 100 Å². The summed E-state index contributed by atoms with van der Waals surface area (Å²) in [5, 5.41) is 0. The van der Waals surface area contributed by atoms with E-state index in [9.17, 15) is 4.79 Å². The predicted molar refractivity (Wildman–Crippen MR) is 67.5 cm³/mol. The van der Waals surface area contributed by atoms with Gasteiger partial charge in [-0.1, -0.05) is 19.8 Å². The van der Waals surface area contributed by atoms with Gasteiger partial charge < -0.3 is 9.64 Å². The maximum Gasteiger partial charge on any atom is 0.307 e. The van der Waals surface area contributed by atoms with Crippen molar-refractivity contribution in [1.82, 2.24) is 4.90 Å². The summed E-state index contributed by atoms with van der Waals surface area (Å²) in [6.45, 7) is 9.75. The Balaban J connectivity index is 3.59. The molecule has 0 heterocycles. The number of hydrogen-bond acceptors (Lipinski definition) is 3. The van der Waals surface area contributed by atoms with E-state index in [4.69, 9.17) is 4.74 Å². The minimum absolute atomic E-state index is 0.102. The van der Waals surface area contributed by atoms with Crippen LogP contribution < -0.4 is 0 Å². The van der Waals surface area contributed by atoms with Gasteiger partial charge in [0.2, 0.25) is 0 Å². The molecule has 0 saturated heterocycles. The number of rotatable bonds is 7. The largest absolute Gasteiger partial charge is 0.460 e. The van der Waals surface area contributed by atoms with E-state index in [1.165, 1.54) is 19.3 Å². The molecule has 0 N–H and O–H groups in total. The highest BCUT2D eigenvalue weighted by Gasteiger charge is 2.16. The summed E-state index contributed by atoms with van der Waals surface area (Å²) in [5.74, 6) is -0.102. The zero-order chi connectivity index (χ0) is 12.6. The fourth-order valence-corrected chi connectivity index (χ4v) is 1.42. The van der Waals surface area contributed by atoms with Gasteiger partial charge in [-0.25, -0.2) is 0 Å². The van der Waals surface area contributed by atoms with Crippen LogP contribution in [-0.2, 0) is 9.53 Å². The van der Waals surface area contributed by atoms with Gasteiger partial charge in [0.05, 0.1) is 6.42 Å². The van der Waals surface area contributed by atoms with Gasteiger partial charge in [0.15, 0.2) is 0 Å². The van der Waals surface area contributed by atoms with Crippen molar-refractivity contribution in [1.29, 1.82) is 0 Å². The first-order valence-corrected chi connectivity index (χ1v) is 6.25. The van der Waals surface area contributed by atoms with E-state index in [1.807, 2.05) is 20.8 Å². The van der Waals surface area contributed by atoms with Crippen LogP contribution in [0.2, 0.25) is 0 Å². The normalized spacial score (nSPS) is 11.9. The van der Waals surface area contributed by atoms with Crippen molar-refractivity contribution in [2.45, 2.75) is 59.0 Å². The maximum absolute atomic E-state index is 11.4. The molecule has 0 unspecified atom stereocenters. The molecule has 0 aromatic carbocycles. The van der Waals surface area contributed by atoms with E-state index in [0.717, 1.165) is 13.1 Å². The highest BCUT2D eigenvalue weighted by molar-refractivity contribution is 5.70. The summed E-state index contributed by atoms with van der Waals surface area (Å²) in [6, 6.07) is 0. The fourth-order valence-electron chi connectivity index (χ4n) is 1.42. The Kier molecular flexibility index (Phi) is 7.39. The lowest BCUT2D eigenvalue weighted by atomic mass is 10.2. The number of ether oxygens (including phenoxy) is 1. The van der Waals surface area contributed by atoms with Gasteiger partial charge in [-0.15, -0.1) is 0 Å². The Morgan fingerprint density at radius 2 is 1.81 bits per heavy atom. The van der Waals surface area contributed by atoms with Crippen molar-refractivity contribution in [2.75, 3.05) is 20.1 Å². The van der Waals surface area contributed by atoms with Gasteiger partial charge in [0.1, 0.15) is 5.60 Å². The number of carbonyl (C=O) groups excluding carboxylic acids is 1. The predicted octanol–water partition coefficient (Wildman–Crippen LogP) is 2.84. The quantitative estimate of drug-likeness (QED) is 0.496. The Hall–Kier alpha value is -0.570. The van der Waals surface area contributed by atoms with Crippen LogP contribution >= 0.6 is 0 Å². The Morgan fingerprint density at radius 3 is 2.31 bits per heavy atom. The summed E-state index contributed by atoms with van der Waals surface area (Å²) in [7, 11) is 2.06. The zero-order valence-electron chi connectivity index (χ0n) is 11.5. The van der Waals surface area contributed by atoms with Gasteiger partial charge in [-0.3, -0.25) is 4.79 Å². The molecule has 0 aliphatic heterocycles. The van der Waals surface area contributed by atoms with E-state index >= 15 is 0 Å². The van der Waals surface area contributed by atoms with E-state index in [-0.39, 0.29) is 11.6 Å². The summed E-state index contributed by atoms with van der Waals surface area (Å²) in [5.41, 5.74) is -0.363. The second kappa shape index (κ2) is 7.66. The first-order valence-electron chi connectivity index (χ1n) is 6.25. The lowest BCUT2D eigenvalue weighted by molar-refractivity contribution is -0.155. The van der Waals surface area contributed by atoms with Crippen molar-refractivity contribution >= 4 is 5.97 Å². The first-order chi connectivity index (χ1) is 7.35.